The quantitative estimate of drug-likeness (QED) is 0.318. The summed E-state index contributed by atoms with van der Waals surface area (Å²) in [4.78, 5) is 35.1. The number of rotatable bonds is 13. The summed E-state index contributed by atoms with van der Waals surface area (Å²) < 4.78 is 10.6. The van der Waals surface area contributed by atoms with Crippen LogP contribution in [0.2, 0.25) is 0 Å². The Labute approximate surface area is 181 Å². The predicted molar refractivity (Wildman–Crippen MR) is 118 cm³/mol. The molecule has 0 aromatic carbocycles. The molecule has 1 rings (SSSR count). The molecule has 0 saturated carbocycles. The van der Waals surface area contributed by atoms with E-state index in [-0.39, 0.29) is 11.9 Å². The van der Waals surface area contributed by atoms with Gasteiger partial charge in [0, 0.05) is 13.5 Å². The number of alkyl carbamates (subject to hydrolysis) is 1. The van der Waals surface area contributed by atoms with Crippen LogP contribution in [0.1, 0.15) is 91.9 Å². The number of esters is 1. The first-order valence-corrected chi connectivity index (χ1v) is 11.2. The number of ketones is 1. The maximum Gasteiger partial charge on any atom is 0.407 e. The smallest absolute Gasteiger partial charge is 0.407 e. The minimum Gasteiger partial charge on any atom is -0.447 e. The summed E-state index contributed by atoms with van der Waals surface area (Å²) in [7, 11) is 0. The molecule has 0 fully saturated rings. The van der Waals surface area contributed by atoms with Gasteiger partial charge in [0.1, 0.15) is 5.60 Å². The van der Waals surface area contributed by atoms with E-state index in [1.54, 1.807) is 18.2 Å². The third-order valence-corrected chi connectivity index (χ3v) is 4.86. The monoisotopic (exact) mass is 421 g/mol. The molecular weight excluding hydrogens is 382 g/mol. The third-order valence-electron chi connectivity index (χ3n) is 4.86. The van der Waals surface area contributed by atoms with Gasteiger partial charge in [-0.3, -0.25) is 9.59 Å². The van der Waals surface area contributed by atoms with Crippen molar-refractivity contribution in [2.45, 2.75) is 103 Å². The maximum atomic E-state index is 12.2. The van der Waals surface area contributed by atoms with Crippen LogP contribution in [0, 0.1) is 0 Å². The Morgan fingerprint density at radius 1 is 0.933 bits per heavy atom. The number of nitrogens with one attached hydrogen (secondary N) is 1. The zero-order valence-corrected chi connectivity index (χ0v) is 19.1. The number of ether oxygens (including phenoxy) is 2. The summed E-state index contributed by atoms with van der Waals surface area (Å²) in [6, 6.07) is 0. The van der Waals surface area contributed by atoms with Crippen LogP contribution in [-0.2, 0) is 19.1 Å². The Kier molecular flexibility index (Phi) is 11.4. The lowest BCUT2D eigenvalue weighted by atomic mass is 9.87. The van der Waals surface area contributed by atoms with Crippen LogP contribution < -0.4 is 5.32 Å². The fourth-order valence-electron chi connectivity index (χ4n) is 3.43. The number of hydrogen-bond acceptors (Lipinski definition) is 5. The molecule has 0 aromatic heterocycles. The van der Waals surface area contributed by atoms with Crippen molar-refractivity contribution < 1.29 is 23.9 Å². The van der Waals surface area contributed by atoms with Crippen LogP contribution in [-0.4, -0.2) is 35.6 Å². The summed E-state index contributed by atoms with van der Waals surface area (Å²) in [6.07, 6.45) is 16.6. The van der Waals surface area contributed by atoms with Gasteiger partial charge in [-0.15, -0.1) is 0 Å². The van der Waals surface area contributed by atoms with Gasteiger partial charge in [-0.05, 0) is 52.2 Å². The Balaban J connectivity index is 2.02. The van der Waals surface area contributed by atoms with Crippen LogP contribution in [0.25, 0.3) is 0 Å². The van der Waals surface area contributed by atoms with Crippen molar-refractivity contribution in [3.05, 3.63) is 24.3 Å². The van der Waals surface area contributed by atoms with E-state index in [0.717, 1.165) is 38.5 Å². The second-order valence-electron chi connectivity index (χ2n) is 8.93. The Bertz CT molecular complexity index is 618. The molecule has 0 radical (unpaired) electrons. The summed E-state index contributed by atoms with van der Waals surface area (Å²) in [6.45, 7) is 7.56. The van der Waals surface area contributed by atoms with E-state index in [0.29, 0.717) is 13.0 Å². The van der Waals surface area contributed by atoms with Gasteiger partial charge in [0.15, 0.2) is 5.60 Å². The second kappa shape index (κ2) is 13.2. The predicted octanol–water partition coefficient (Wildman–Crippen LogP) is 5.41. The van der Waals surface area contributed by atoms with Crippen LogP contribution in [0.4, 0.5) is 4.79 Å². The van der Waals surface area contributed by atoms with Crippen molar-refractivity contribution in [3.63, 3.8) is 0 Å². The highest BCUT2D eigenvalue weighted by Gasteiger charge is 2.37. The van der Waals surface area contributed by atoms with Gasteiger partial charge in [0.2, 0.25) is 5.78 Å². The van der Waals surface area contributed by atoms with Crippen molar-refractivity contribution in [1.82, 2.24) is 5.32 Å². The lowest BCUT2D eigenvalue weighted by molar-refractivity contribution is -0.159. The number of unbranched alkanes of at least 4 members (excludes halogenated alkanes) is 8. The standard InChI is InChI=1S/C24H39NO5/c1-20(26)29-24(18-14-12-16-21(24)27)17-13-10-8-6-5-7-9-11-15-19-25-22(28)30-23(2,3)4/h12,14,16,18H,5-11,13,15,17,19H2,1-4H3,(H,25,28). The summed E-state index contributed by atoms with van der Waals surface area (Å²) in [5, 5.41) is 2.78. The van der Waals surface area contributed by atoms with E-state index in [2.05, 4.69) is 5.32 Å². The van der Waals surface area contributed by atoms with Gasteiger partial charge in [-0.25, -0.2) is 4.79 Å². The first kappa shape index (κ1) is 25.9. The number of allylic oxidation sites excluding steroid dienone is 2. The van der Waals surface area contributed by atoms with Crippen LogP contribution in [0.3, 0.4) is 0 Å². The summed E-state index contributed by atoms with van der Waals surface area (Å²) >= 11 is 0. The van der Waals surface area contributed by atoms with Crippen molar-refractivity contribution in [3.8, 4) is 0 Å². The van der Waals surface area contributed by atoms with E-state index in [1.807, 2.05) is 20.8 Å². The highest BCUT2D eigenvalue weighted by Crippen LogP contribution is 2.27. The molecule has 0 bridgehead atoms. The molecule has 0 aromatic rings. The zero-order valence-electron chi connectivity index (χ0n) is 19.1. The Morgan fingerprint density at radius 2 is 1.50 bits per heavy atom. The third kappa shape index (κ3) is 11.2. The van der Waals surface area contributed by atoms with Gasteiger partial charge in [0.05, 0.1) is 0 Å². The molecule has 170 valence electrons. The maximum absolute atomic E-state index is 12.2. The van der Waals surface area contributed by atoms with Gasteiger partial charge < -0.3 is 14.8 Å². The van der Waals surface area contributed by atoms with Crippen molar-refractivity contribution in [2.24, 2.45) is 0 Å². The molecule has 30 heavy (non-hydrogen) atoms. The van der Waals surface area contributed by atoms with E-state index < -0.39 is 17.2 Å². The second-order valence-corrected chi connectivity index (χ2v) is 8.93. The van der Waals surface area contributed by atoms with Crippen LogP contribution in [0.15, 0.2) is 24.3 Å². The van der Waals surface area contributed by atoms with Gasteiger partial charge in [0.25, 0.3) is 0 Å². The van der Waals surface area contributed by atoms with Crippen molar-refractivity contribution in [1.29, 1.82) is 0 Å². The zero-order chi connectivity index (χ0) is 22.5. The molecule has 0 heterocycles. The van der Waals surface area contributed by atoms with E-state index in [9.17, 15) is 14.4 Å². The molecule has 6 heteroatoms. The largest absolute Gasteiger partial charge is 0.447 e. The summed E-state index contributed by atoms with van der Waals surface area (Å²) in [5.74, 6) is -0.578. The normalized spacial score (nSPS) is 18.3. The van der Waals surface area contributed by atoms with E-state index in [4.69, 9.17) is 9.47 Å². The minimum absolute atomic E-state index is 0.152. The van der Waals surface area contributed by atoms with Crippen molar-refractivity contribution in [2.75, 3.05) is 6.54 Å². The van der Waals surface area contributed by atoms with Gasteiger partial charge in [-0.2, -0.15) is 0 Å². The van der Waals surface area contributed by atoms with E-state index in [1.165, 1.54) is 32.3 Å². The average Bonchev–Trinajstić information content (AvgIpc) is 2.63. The number of carbonyl (C=O) groups is 3. The molecule has 1 aliphatic rings. The van der Waals surface area contributed by atoms with Crippen molar-refractivity contribution >= 4 is 17.8 Å². The average molecular weight is 422 g/mol. The topological polar surface area (TPSA) is 81.7 Å². The van der Waals surface area contributed by atoms with E-state index >= 15 is 0 Å². The molecule has 0 aliphatic heterocycles. The Morgan fingerprint density at radius 3 is 2.03 bits per heavy atom. The lowest BCUT2D eigenvalue weighted by Crippen LogP contribution is -2.41. The molecule has 1 unspecified atom stereocenters. The lowest BCUT2D eigenvalue weighted by Gasteiger charge is -2.29. The van der Waals surface area contributed by atoms with Crippen LogP contribution in [0.5, 0.6) is 0 Å². The Hall–Kier alpha value is -2.11. The van der Waals surface area contributed by atoms with Gasteiger partial charge in [-0.1, -0.05) is 57.1 Å². The molecular formula is C24H39NO5. The van der Waals surface area contributed by atoms with Crippen LogP contribution >= 0.6 is 0 Å². The molecule has 1 amide bonds. The number of hydrogen-bond donors (Lipinski definition) is 1. The number of amides is 1. The highest BCUT2D eigenvalue weighted by molar-refractivity contribution is 6.01. The molecule has 1 atom stereocenters. The molecule has 6 nitrogen and oxygen atoms in total. The molecule has 1 aliphatic carbocycles. The highest BCUT2D eigenvalue weighted by atomic mass is 16.6. The first-order chi connectivity index (χ1) is 14.1. The minimum atomic E-state index is -1.10. The SMILES string of the molecule is CC(=O)OC1(CCCCCCCCCCCNC(=O)OC(C)(C)C)C=CC=CC1=O. The molecule has 0 spiro atoms. The fraction of sp³-hybridized carbons (Fsp3) is 0.708. The first-order valence-electron chi connectivity index (χ1n) is 11.2. The summed E-state index contributed by atoms with van der Waals surface area (Å²) in [5.41, 5.74) is -1.56. The molecule has 0 saturated heterocycles. The fourth-order valence-corrected chi connectivity index (χ4v) is 3.43. The van der Waals surface area contributed by atoms with Gasteiger partial charge >= 0.3 is 12.1 Å². The molecule has 1 N–H and O–H groups in total. The number of carbonyl (C=O) groups excluding carboxylic acids is 3.